The van der Waals surface area contributed by atoms with Crippen molar-refractivity contribution < 1.29 is 4.74 Å². The first-order chi connectivity index (χ1) is 10.1. The van der Waals surface area contributed by atoms with Gasteiger partial charge < -0.3 is 10.1 Å². The highest BCUT2D eigenvalue weighted by atomic mass is 35.5. The summed E-state index contributed by atoms with van der Waals surface area (Å²) in [6.07, 6.45) is 2.72. The number of hydrogen-bond acceptors (Lipinski definition) is 3. The molecule has 0 fully saturated rings. The van der Waals surface area contributed by atoms with Crippen LogP contribution in [0.5, 0.6) is 5.75 Å². The number of methoxy groups -OCH3 is 1. The van der Waals surface area contributed by atoms with Crippen molar-refractivity contribution >= 4 is 11.6 Å². The number of hydrogen-bond donors (Lipinski definition) is 1. The number of nitrogens with one attached hydrogen (secondary N) is 1. The maximum absolute atomic E-state index is 6.33. The predicted molar refractivity (Wildman–Crippen MR) is 86.1 cm³/mol. The molecule has 2 aromatic rings. The summed E-state index contributed by atoms with van der Waals surface area (Å²) in [6, 6.07) is 6.17. The lowest BCUT2D eigenvalue weighted by Crippen LogP contribution is -2.26. The molecule has 1 atom stereocenters. The van der Waals surface area contributed by atoms with Gasteiger partial charge in [0.05, 0.1) is 30.1 Å². The van der Waals surface area contributed by atoms with Crippen molar-refractivity contribution in [3.8, 4) is 5.75 Å². The maximum atomic E-state index is 6.33. The van der Waals surface area contributed by atoms with E-state index < -0.39 is 0 Å². The van der Waals surface area contributed by atoms with E-state index in [9.17, 15) is 0 Å². The molecule has 0 amide bonds. The summed E-state index contributed by atoms with van der Waals surface area (Å²) in [6.45, 7) is 5.09. The molecular weight excluding hydrogens is 286 g/mol. The van der Waals surface area contributed by atoms with Crippen LogP contribution in [0.3, 0.4) is 0 Å². The summed E-state index contributed by atoms with van der Waals surface area (Å²) in [5.41, 5.74) is 3.19. The average molecular weight is 308 g/mol. The molecule has 2 rings (SSSR count). The van der Waals surface area contributed by atoms with E-state index in [0.29, 0.717) is 5.02 Å². The number of ether oxygens (including phenoxy) is 1. The Morgan fingerprint density at radius 1 is 1.43 bits per heavy atom. The molecule has 1 aromatic heterocycles. The molecule has 0 aliphatic heterocycles. The summed E-state index contributed by atoms with van der Waals surface area (Å²) in [4.78, 5) is 0. The lowest BCUT2D eigenvalue weighted by molar-refractivity contribution is 0.401. The number of benzene rings is 1. The second-order valence-electron chi connectivity index (χ2n) is 5.13. The topological polar surface area (TPSA) is 39.1 Å². The number of aromatic nitrogens is 2. The van der Waals surface area contributed by atoms with Crippen LogP contribution in [0.2, 0.25) is 5.02 Å². The fraction of sp³-hybridized carbons (Fsp3) is 0.438. The molecule has 0 spiro atoms. The second-order valence-corrected chi connectivity index (χ2v) is 5.54. The molecule has 0 bridgehead atoms. The third-order valence-corrected chi connectivity index (χ3v) is 3.80. The van der Waals surface area contributed by atoms with Crippen LogP contribution in [-0.2, 0) is 7.05 Å². The van der Waals surface area contributed by atoms with Crippen molar-refractivity contribution in [2.45, 2.75) is 26.3 Å². The maximum Gasteiger partial charge on any atom is 0.124 e. The third kappa shape index (κ3) is 3.39. The Morgan fingerprint density at radius 3 is 2.76 bits per heavy atom. The predicted octanol–water partition coefficient (Wildman–Crippen LogP) is 3.48. The molecule has 5 heteroatoms. The van der Waals surface area contributed by atoms with Gasteiger partial charge in [-0.05, 0) is 31.5 Å². The van der Waals surface area contributed by atoms with Gasteiger partial charge in [0.2, 0.25) is 0 Å². The molecule has 0 radical (unpaired) electrons. The molecule has 0 aliphatic rings. The van der Waals surface area contributed by atoms with Gasteiger partial charge in [-0.1, -0.05) is 30.7 Å². The highest BCUT2D eigenvalue weighted by molar-refractivity contribution is 6.31. The Hall–Kier alpha value is -1.52. The number of nitrogens with zero attached hydrogens (tertiary/aromatic N) is 2. The zero-order chi connectivity index (χ0) is 15.4. The first-order valence-corrected chi connectivity index (χ1v) is 7.51. The first kappa shape index (κ1) is 15.9. The van der Waals surface area contributed by atoms with Crippen molar-refractivity contribution in [3.05, 3.63) is 46.2 Å². The van der Waals surface area contributed by atoms with Crippen LogP contribution < -0.4 is 10.1 Å². The Morgan fingerprint density at radius 2 is 2.19 bits per heavy atom. The zero-order valence-electron chi connectivity index (χ0n) is 13.0. The Balaban J connectivity index is 2.50. The quantitative estimate of drug-likeness (QED) is 0.888. The number of aryl methyl sites for hydroxylation is 2. The van der Waals surface area contributed by atoms with Crippen molar-refractivity contribution in [1.29, 1.82) is 0 Å². The number of halogens is 1. The molecular formula is C16H22ClN3O. The largest absolute Gasteiger partial charge is 0.496 e. The van der Waals surface area contributed by atoms with Crippen molar-refractivity contribution in [2.75, 3.05) is 13.7 Å². The monoisotopic (exact) mass is 307 g/mol. The molecule has 1 N–H and O–H groups in total. The van der Waals surface area contributed by atoms with Crippen LogP contribution in [0.1, 0.15) is 36.2 Å². The van der Waals surface area contributed by atoms with Gasteiger partial charge in [0.15, 0.2) is 0 Å². The van der Waals surface area contributed by atoms with Crippen molar-refractivity contribution in [2.24, 2.45) is 7.05 Å². The molecule has 1 heterocycles. The normalized spacial score (nSPS) is 12.4. The Labute approximate surface area is 131 Å². The van der Waals surface area contributed by atoms with Crippen LogP contribution in [0, 0.1) is 6.92 Å². The second kappa shape index (κ2) is 6.96. The summed E-state index contributed by atoms with van der Waals surface area (Å²) >= 11 is 6.33. The van der Waals surface area contributed by atoms with Gasteiger partial charge in [0, 0.05) is 12.6 Å². The van der Waals surface area contributed by atoms with Gasteiger partial charge >= 0.3 is 0 Å². The highest BCUT2D eigenvalue weighted by Gasteiger charge is 2.23. The molecule has 1 aromatic carbocycles. The van der Waals surface area contributed by atoms with Crippen molar-refractivity contribution in [3.63, 3.8) is 0 Å². The Kier molecular flexibility index (Phi) is 5.26. The lowest BCUT2D eigenvalue weighted by Gasteiger charge is -2.22. The summed E-state index contributed by atoms with van der Waals surface area (Å²) < 4.78 is 7.37. The minimum Gasteiger partial charge on any atom is -0.496 e. The molecule has 1 unspecified atom stereocenters. The first-order valence-electron chi connectivity index (χ1n) is 7.13. The number of rotatable bonds is 6. The molecule has 0 saturated carbocycles. The minimum atomic E-state index is -0.0412. The molecule has 0 aliphatic carbocycles. The van der Waals surface area contributed by atoms with E-state index in [4.69, 9.17) is 16.3 Å². The van der Waals surface area contributed by atoms with Gasteiger partial charge in [-0.2, -0.15) is 5.10 Å². The van der Waals surface area contributed by atoms with E-state index in [1.165, 1.54) is 5.56 Å². The molecule has 4 nitrogen and oxygen atoms in total. The Bertz CT molecular complexity index is 590. The van der Waals surface area contributed by atoms with Gasteiger partial charge in [-0.15, -0.1) is 0 Å². The smallest absolute Gasteiger partial charge is 0.124 e. The lowest BCUT2D eigenvalue weighted by atomic mass is 10.0. The summed E-state index contributed by atoms with van der Waals surface area (Å²) in [7, 11) is 3.60. The van der Waals surface area contributed by atoms with Crippen LogP contribution >= 0.6 is 11.6 Å². The molecule has 0 saturated heterocycles. The third-order valence-electron chi connectivity index (χ3n) is 3.51. The SMILES string of the molecule is CCCNC(c1ccc(C)cc1OC)c1c(Cl)cnn1C. The van der Waals surface area contributed by atoms with Crippen LogP contribution in [0.4, 0.5) is 0 Å². The van der Waals surface area contributed by atoms with E-state index in [2.05, 4.69) is 36.4 Å². The molecule has 114 valence electrons. The van der Waals surface area contributed by atoms with E-state index >= 15 is 0 Å². The molecule has 21 heavy (non-hydrogen) atoms. The van der Waals surface area contributed by atoms with Gasteiger partial charge in [0.1, 0.15) is 5.75 Å². The van der Waals surface area contributed by atoms with Crippen LogP contribution in [0.25, 0.3) is 0 Å². The minimum absolute atomic E-state index is 0.0412. The van der Waals surface area contributed by atoms with Gasteiger partial charge in [-0.25, -0.2) is 0 Å². The summed E-state index contributed by atoms with van der Waals surface area (Å²) in [5, 5.41) is 8.45. The van der Waals surface area contributed by atoms with E-state index in [1.54, 1.807) is 13.3 Å². The standard InChI is InChI=1S/C16H22ClN3O/c1-5-8-18-15(16-13(17)10-19-20(16)3)12-7-6-11(2)9-14(12)21-4/h6-7,9-10,15,18H,5,8H2,1-4H3. The van der Waals surface area contributed by atoms with Crippen LogP contribution in [-0.4, -0.2) is 23.4 Å². The fourth-order valence-electron chi connectivity index (χ4n) is 2.44. The van der Waals surface area contributed by atoms with E-state index in [-0.39, 0.29) is 6.04 Å². The van der Waals surface area contributed by atoms with E-state index in [1.807, 2.05) is 17.8 Å². The summed E-state index contributed by atoms with van der Waals surface area (Å²) in [5.74, 6) is 0.862. The van der Waals surface area contributed by atoms with Gasteiger partial charge in [-0.3, -0.25) is 4.68 Å². The van der Waals surface area contributed by atoms with E-state index in [0.717, 1.165) is 30.0 Å². The van der Waals surface area contributed by atoms with Gasteiger partial charge in [0.25, 0.3) is 0 Å². The van der Waals surface area contributed by atoms with Crippen LogP contribution in [0.15, 0.2) is 24.4 Å². The zero-order valence-corrected chi connectivity index (χ0v) is 13.7. The average Bonchev–Trinajstić information content (AvgIpc) is 2.80. The highest BCUT2D eigenvalue weighted by Crippen LogP contribution is 2.33. The fourth-order valence-corrected chi connectivity index (χ4v) is 2.72. The van der Waals surface area contributed by atoms with Crippen molar-refractivity contribution in [1.82, 2.24) is 15.1 Å².